The van der Waals surface area contributed by atoms with Crippen molar-refractivity contribution in [3.63, 3.8) is 0 Å². The summed E-state index contributed by atoms with van der Waals surface area (Å²) in [6.07, 6.45) is 0.839. The minimum absolute atomic E-state index is 0.127. The lowest BCUT2D eigenvalue weighted by Gasteiger charge is -2.12. The average molecular weight is 262 g/mol. The number of aryl methyl sites for hydroxylation is 1. The van der Waals surface area contributed by atoms with Crippen LogP contribution in [0.25, 0.3) is 0 Å². The lowest BCUT2D eigenvalue weighted by atomic mass is 10.1. The molecule has 0 radical (unpaired) electrons. The van der Waals surface area contributed by atoms with Gasteiger partial charge in [0.2, 0.25) is 11.8 Å². The molecule has 2 amide bonds. The molecule has 1 saturated heterocycles. The smallest absolute Gasteiger partial charge is 0.335 e. The summed E-state index contributed by atoms with van der Waals surface area (Å²) in [7, 11) is 0. The molecule has 0 aliphatic carbocycles. The standard InChI is InChI=1S/C13H14N2O4/c1-7-6-8(2-3-9(7)13(18)19)14-12(17)10-4-5-11(16)15-10/h2-3,6,10H,4-5H2,1H3,(H,14,17)(H,15,16)(H,18,19). The van der Waals surface area contributed by atoms with Crippen molar-refractivity contribution in [3.8, 4) is 0 Å². The maximum absolute atomic E-state index is 11.8. The van der Waals surface area contributed by atoms with Gasteiger partial charge in [-0.1, -0.05) is 0 Å². The first kappa shape index (κ1) is 13.1. The van der Waals surface area contributed by atoms with Crippen LogP contribution in [0, 0.1) is 6.92 Å². The lowest BCUT2D eigenvalue weighted by Crippen LogP contribution is -2.37. The van der Waals surface area contributed by atoms with Crippen LogP contribution in [0.4, 0.5) is 5.69 Å². The van der Waals surface area contributed by atoms with E-state index in [0.29, 0.717) is 24.1 Å². The predicted octanol–water partition coefficient (Wildman–Crippen LogP) is 0.910. The number of amides is 2. The second kappa shape index (κ2) is 5.09. The first-order chi connectivity index (χ1) is 8.97. The summed E-state index contributed by atoms with van der Waals surface area (Å²) in [5.74, 6) is -1.41. The molecule has 0 aromatic heterocycles. The molecule has 3 N–H and O–H groups in total. The van der Waals surface area contributed by atoms with Gasteiger partial charge in [0.1, 0.15) is 6.04 Å². The van der Waals surface area contributed by atoms with Crippen LogP contribution in [0.3, 0.4) is 0 Å². The first-order valence-electron chi connectivity index (χ1n) is 5.91. The average Bonchev–Trinajstić information content (AvgIpc) is 2.75. The Bertz CT molecular complexity index is 554. The topological polar surface area (TPSA) is 95.5 Å². The first-order valence-corrected chi connectivity index (χ1v) is 5.91. The summed E-state index contributed by atoms with van der Waals surface area (Å²) >= 11 is 0. The van der Waals surface area contributed by atoms with Crippen LogP contribution >= 0.6 is 0 Å². The molecule has 100 valence electrons. The van der Waals surface area contributed by atoms with E-state index >= 15 is 0 Å². The Balaban J connectivity index is 2.07. The van der Waals surface area contributed by atoms with Gasteiger partial charge in [0.25, 0.3) is 0 Å². The van der Waals surface area contributed by atoms with Gasteiger partial charge in [-0.3, -0.25) is 9.59 Å². The lowest BCUT2D eigenvalue weighted by molar-refractivity contribution is -0.122. The third kappa shape index (κ3) is 2.90. The highest BCUT2D eigenvalue weighted by atomic mass is 16.4. The van der Waals surface area contributed by atoms with Crippen molar-refractivity contribution in [2.24, 2.45) is 0 Å². The highest BCUT2D eigenvalue weighted by Gasteiger charge is 2.27. The molecular weight excluding hydrogens is 248 g/mol. The molecule has 0 bridgehead atoms. The fourth-order valence-electron chi connectivity index (χ4n) is 2.02. The summed E-state index contributed by atoms with van der Waals surface area (Å²) in [6.45, 7) is 1.66. The van der Waals surface area contributed by atoms with E-state index < -0.39 is 12.0 Å². The molecule has 1 aromatic carbocycles. The molecule has 6 nitrogen and oxygen atoms in total. The SMILES string of the molecule is Cc1cc(NC(=O)C2CCC(=O)N2)ccc1C(=O)O. The predicted molar refractivity (Wildman–Crippen MR) is 67.9 cm³/mol. The zero-order valence-corrected chi connectivity index (χ0v) is 10.4. The van der Waals surface area contributed by atoms with E-state index in [1.807, 2.05) is 0 Å². The van der Waals surface area contributed by atoms with E-state index in [1.165, 1.54) is 12.1 Å². The third-order valence-electron chi connectivity index (χ3n) is 3.04. The van der Waals surface area contributed by atoms with E-state index in [2.05, 4.69) is 10.6 Å². The number of carboxylic acid groups (broad SMARTS) is 1. The maximum atomic E-state index is 11.8. The van der Waals surface area contributed by atoms with Crippen LogP contribution in [0.2, 0.25) is 0 Å². The fraction of sp³-hybridized carbons (Fsp3) is 0.308. The molecular formula is C13H14N2O4. The van der Waals surface area contributed by atoms with Gasteiger partial charge >= 0.3 is 5.97 Å². The maximum Gasteiger partial charge on any atom is 0.335 e. The summed E-state index contributed by atoms with van der Waals surface area (Å²) in [5.41, 5.74) is 1.29. The van der Waals surface area contributed by atoms with Crippen molar-refractivity contribution in [1.82, 2.24) is 5.32 Å². The van der Waals surface area contributed by atoms with Crippen LogP contribution in [-0.4, -0.2) is 28.9 Å². The Morgan fingerprint density at radius 2 is 2.16 bits per heavy atom. The van der Waals surface area contributed by atoms with E-state index in [9.17, 15) is 14.4 Å². The number of hydrogen-bond donors (Lipinski definition) is 3. The van der Waals surface area contributed by atoms with E-state index in [-0.39, 0.29) is 17.4 Å². The van der Waals surface area contributed by atoms with E-state index in [0.717, 1.165) is 0 Å². The van der Waals surface area contributed by atoms with Crippen LogP contribution in [0.1, 0.15) is 28.8 Å². The summed E-state index contributed by atoms with van der Waals surface area (Å²) < 4.78 is 0. The molecule has 0 saturated carbocycles. The van der Waals surface area contributed by atoms with E-state index in [1.54, 1.807) is 13.0 Å². The van der Waals surface area contributed by atoms with Gasteiger partial charge in [-0.2, -0.15) is 0 Å². The molecule has 1 fully saturated rings. The van der Waals surface area contributed by atoms with Crippen molar-refractivity contribution in [1.29, 1.82) is 0 Å². The number of aromatic carboxylic acids is 1. The van der Waals surface area contributed by atoms with Gasteiger partial charge in [-0.05, 0) is 37.1 Å². The van der Waals surface area contributed by atoms with Crippen molar-refractivity contribution in [2.75, 3.05) is 5.32 Å². The molecule has 0 spiro atoms. The Morgan fingerprint density at radius 3 is 2.68 bits per heavy atom. The zero-order chi connectivity index (χ0) is 14.0. The Morgan fingerprint density at radius 1 is 1.42 bits per heavy atom. The number of carbonyl (C=O) groups excluding carboxylic acids is 2. The minimum atomic E-state index is -1.00. The van der Waals surface area contributed by atoms with Gasteiger partial charge in [-0.25, -0.2) is 4.79 Å². The fourth-order valence-corrected chi connectivity index (χ4v) is 2.02. The number of benzene rings is 1. The number of nitrogens with one attached hydrogen (secondary N) is 2. The van der Waals surface area contributed by atoms with Crippen molar-refractivity contribution >= 4 is 23.5 Å². The van der Waals surface area contributed by atoms with Gasteiger partial charge in [0.15, 0.2) is 0 Å². The number of hydrogen-bond acceptors (Lipinski definition) is 3. The van der Waals surface area contributed by atoms with Gasteiger partial charge < -0.3 is 15.7 Å². The van der Waals surface area contributed by atoms with Crippen molar-refractivity contribution in [3.05, 3.63) is 29.3 Å². The third-order valence-corrected chi connectivity index (χ3v) is 3.04. The minimum Gasteiger partial charge on any atom is -0.478 e. The molecule has 1 aliphatic rings. The summed E-state index contributed by atoms with van der Waals surface area (Å²) in [5, 5.41) is 14.1. The number of carbonyl (C=O) groups is 3. The van der Waals surface area contributed by atoms with E-state index in [4.69, 9.17) is 5.11 Å². The second-order valence-corrected chi connectivity index (χ2v) is 4.48. The quantitative estimate of drug-likeness (QED) is 0.754. The molecule has 1 aromatic rings. The molecule has 1 unspecified atom stereocenters. The molecule has 19 heavy (non-hydrogen) atoms. The molecule has 6 heteroatoms. The van der Waals surface area contributed by atoms with Gasteiger partial charge in [0, 0.05) is 12.1 Å². The summed E-state index contributed by atoms with van der Waals surface area (Å²) in [6, 6.07) is 4.07. The second-order valence-electron chi connectivity index (χ2n) is 4.48. The zero-order valence-electron chi connectivity index (χ0n) is 10.4. The van der Waals surface area contributed by atoms with Crippen LogP contribution in [0.5, 0.6) is 0 Å². The molecule has 2 rings (SSSR count). The normalized spacial score (nSPS) is 17.9. The number of anilines is 1. The number of carboxylic acids is 1. The highest BCUT2D eigenvalue weighted by Crippen LogP contribution is 2.16. The van der Waals surface area contributed by atoms with Crippen LogP contribution < -0.4 is 10.6 Å². The molecule has 1 atom stereocenters. The molecule has 1 heterocycles. The van der Waals surface area contributed by atoms with Crippen molar-refractivity contribution in [2.45, 2.75) is 25.8 Å². The number of rotatable bonds is 3. The van der Waals surface area contributed by atoms with Gasteiger partial charge in [0.05, 0.1) is 5.56 Å². The Labute approximate surface area is 109 Å². The largest absolute Gasteiger partial charge is 0.478 e. The van der Waals surface area contributed by atoms with Gasteiger partial charge in [-0.15, -0.1) is 0 Å². The Hall–Kier alpha value is -2.37. The highest BCUT2D eigenvalue weighted by molar-refractivity contribution is 5.99. The van der Waals surface area contributed by atoms with Crippen molar-refractivity contribution < 1.29 is 19.5 Å². The summed E-state index contributed by atoms with van der Waals surface area (Å²) in [4.78, 5) is 33.7. The van der Waals surface area contributed by atoms with Crippen LogP contribution in [-0.2, 0) is 9.59 Å². The Kier molecular flexibility index (Phi) is 3.50. The molecule has 1 aliphatic heterocycles. The monoisotopic (exact) mass is 262 g/mol. The van der Waals surface area contributed by atoms with Crippen LogP contribution in [0.15, 0.2) is 18.2 Å².